The minimum absolute atomic E-state index is 0.235. The first-order valence-electron chi connectivity index (χ1n) is 11.5. The number of piperazine rings is 1. The second kappa shape index (κ2) is 10.3. The molecule has 0 aromatic heterocycles. The highest BCUT2D eigenvalue weighted by Gasteiger charge is 2.39. The van der Waals surface area contributed by atoms with Crippen molar-refractivity contribution in [2.24, 2.45) is 0 Å². The highest BCUT2D eigenvalue weighted by Crippen LogP contribution is 2.40. The van der Waals surface area contributed by atoms with Crippen LogP contribution in [0.2, 0.25) is 0 Å². The average molecular weight is 422 g/mol. The van der Waals surface area contributed by atoms with Crippen molar-refractivity contribution in [2.45, 2.75) is 43.6 Å². The number of nitrogens with zero attached hydrogens (tertiary/aromatic N) is 3. The summed E-state index contributed by atoms with van der Waals surface area (Å²) in [7, 11) is 0. The lowest BCUT2D eigenvalue weighted by Gasteiger charge is -2.44. The van der Waals surface area contributed by atoms with Gasteiger partial charge in [0.1, 0.15) is 11.6 Å². The predicted molar refractivity (Wildman–Crippen MR) is 121 cm³/mol. The Kier molecular flexibility index (Phi) is 7.21. The highest BCUT2D eigenvalue weighted by atomic mass is 19.1. The number of benzene rings is 2. The number of rotatable bonds is 7. The van der Waals surface area contributed by atoms with E-state index in [4.69, 9.17) is 4.74 Å². The smallest absolute Gasteiger partial charge is 0.123 e. The Morgan fingerprint density at radius 2 is 1.65 bits per heavy atom. The third kappa shape index (κ3) is 5.44. The molecule has 2 aromatic rings. The molecule has 2 aromatic carbocycles. The molecule has 0 amide bonds. The van der Waals surface area contributed by atoms with Gasteiger partial charge in [0.15, 0.2) is 0 Å². The molecule has 0 N–H and O–H groups in total. The van der Waals surface area contributed by atoms with Gasteiger partial charge in [-0.25, -0.2) is 4.39 Å². The summed E-state index contributed by atoms with van der Waals surface area (Å²) in [5, 5.41) is 9.92. The summed E-state index contributed by atoms with van der Waals surface area (Å²) >= 11 is 0. The van der Waals surface area contributed by atoms with Crippen LogP contribution in [-0.4, -0.2) is 55.2 Å². The lowest BCUT2D eigenvalue weighted by Crippen LogP contribution is -2.52. The van der Waals surface area contributed by atoms with Gasteiger partial charge in [-0.1, -0.05) is 30.3 Å². The van der Waals surface area contributed by atoms with Crippen molar-refractivity contribution in [3.05, 3.63) is 66.0 Å². The number of nitriles is 1. The molecule has 0 radical (unpaired) electrons. The van der Waals surface area contributed by atoms with Gasteiger partial charge in [-0.15, -0.1) is 0 Å². The molecular formula is C26H32FN3O. The van der Waals surface area contributed by atoms with Crippen LogP contribution in [0.5, 0.6) is 5.75 Å². The Labute approximate surface area is 185 Å². The van der Waals surface area contributed by atoms with Crippen LogP contribution in [0.15, 0.2) is 54.6 Å². The quantitative estimate of drug-likeness (QED) is 0.612. The Bertz CT molecular complexity index is 848. The molecule has 1 aliphatic carbocycles. The van der Waals surface area contributed by atoms with E-state index in [0.717, 1.165) is 70.6 Å². The van der Waals surface area contributed by atoms with E-state index in [0.29, 0.717) is 12.6 Å². The van der Waals surface area contributed by atoms with E-state index in [1.54, 1.807) is 12.1 Å². The maximum absolute atomic E-state index is 12.9. The van der Waals surface area contributed by atoms with Crippen LogP contribution in [0.3, 0.4) is 0 Å². The first kappa shape index (κ1) is 21.8. The summed E-state index contributed by atoms with van der Waals surface area (Å²) in [4.78, 5) is 5.15. The van der Waals surface area contributed by atoms with Crippen LogP contribution >= 0.6 is 0 Å². The van der Waals surface area contributed by atoms with Gasteiger partial charge >= 0.3 is 0 Å². The molecule has 2 fully saturated rings. The summed E-state index contributed by atoms with van der Waals surface area (Å²) < 4.78 is 18.6. The minimum atomic E-state index is -0.301. The molecule has 0 spiro atoms. The number of hydrogen-bond acceptors (Lipinski definition) is 4. The molecule has 2 aliphatic rings. The van der Waals surface area contributed by atoms with Crippen molar-refractivity contribution >= 4 is 0 Å². The van der Waals surface area contributed by atoms with E-state index in [2.05, 4.69) is 28.0 Å². The maximum atomic E-state index is 12.9. The summed E-state index contributed by atoms with van der Waals surface area (Å²) in [6, 6.07) is 19.8. The Hall–Kier alpha value is -2.42. The van der Waals surface area contributed by atoms with Crippen molar-refractivity contribution in [2.75, 3.05) is 39.3 Å². The Balaban J connectivity index is 1.17. The van der Waals surface area contributed by atoms with Crippen LogP contribution in [0.4, 0.5) is 4.39 Å². The number of ether oxygens (including phenoxy) is 1. The van der Waals surface area contributed by atoms with Gasteiger partial charge in [0.2, 0.25) is 0 Å². The fraction of sp³-hybridized carbons (Fsp3) is 0.500. The minimum Gasteiger partial charge on any atom is -0.494 e. The van der Waals surface area contributed by atoms with Gasteiger partial charge < -0.3 is 9.64 Å². The third-order valence-electron chi connectivity index (χ3n) is 6.97. The van der Waals surface area contributed by atoms with Crippen LogP contribution in [0.1, 0.15) is 37.7 Å². The first-order valence-corrected chi connectivity index (χ1v) is 11.5. The van der Waals surface area contributed by atoms with Crippen molar-refractivity contribution < 1.29 is 9.13 Å². The Morgan fingerprint density at radius 3 is 2.29 bits per heavy atom. The van der Waals surface area contributed by atoms with E-state index in [-0.39, 0.29) is 11.2 Å². The highest BCUT2D eigenvalue weighted by molar-refractivity contribution is 5.33. The number of halogens is 1. The predicted octanol–water partition coefficient (Wildman–Crippen LogP) is 4.62. The van der Waals surface area contributed by atoms with E-state index in [9.17, 15) is 9.65 Å². The topological polar surface area (TPSA) is 39.5 Å². The third-order valence-corrected chi connectivity index (χ3v) is 6.97. The first-order chi connectivity index (χ1) is 15.2. The van der Waals surface area contributed by atoms with Crippen LogP contribution in [0.25, 0.3) is 0 Å². The fourth-order valence-electron chi connectivity index (χ4n) is 5.04. The zero-order valence-corrected chi connectivity index (χ0v) is 18.2. The summed E-state index contributed by atoms with van der Waals surface area (Å²) in [5.74, 6) is 0.494. The zero-order chi connectivity index (χ0) is 21.5. The van der Waals surface area contributed by atoms with Gasteiger partial charge in [-0.2, -0.15) is 5.26 Å². The molecular weight excluding hydrogens is 389 g/mol. The molecule has 1 heterocycles. The van der Waals surface area contributed by atoms with E-state index in [1.807, 2.05) is 18.2 Å². The summed E-state index contributed by atoms with van der Waals surface area (Å²) in [6.07, 6.45) is 5.10. The lowest BCUT2D eigenvalue weighted by molar-refractivity contribution is 0.0686. The Morgan fingerprint density at radius 1 is 0.968 bits per heavy atom. The monoisotopic (exact) mass is 421 g/mol. The molecule has 5 heteroatoms. The number of hydrogen-bond donors (Lipinski definition) is 0. The van der Waals surface area contributed by atoms with Gasteiger partial charge in [-0.3, -0.25) is 4.90 Å². The summed E-state index contributed by atoms with van der Waals surface area (Å²) in [6.45, 7) is 6.09. The maximum Gasteiger partial charge on any atom is 0.123 e. The van der Waals surface area contributed by atoms with Gasteiger partial charge in [-0.05, 0) is 61.9 Å². The molecule has 0 atom stereocenters. The van der Waals surface area contributed by atoms with Crippen molar-refractivity contribution in [1.82, 2.24) is 9.80 Å². The standard InChI is InChI=1S/C26H32FN3O/c27-23-7-9-25(10-8-23)31-20-4-15-29-16-18-30(19-17-29)24-11-13-26(21-28,14-12-24)22-5-2-1-3-6-22/h1-3,5-10,24H,4,11-20H2/t24-,26+. The van der Waals surface area contributed by atoms with Crippen LogP contribution in [0, 0.1) is 17.1 Å². The normalized spacial score (nSPS) is 25.1. The van der Waals surface area contributed by atoms with E-state index >= 15 is 0 Å². The second-order valence-corrected chi connectivity index (χ2v) is 8.82. The SMILES string of the molecule is N#C[C@]1(c2ccccc2)CC[C@@H](N2CCN(CCCOc3ccc(F)cc3)CC2)CC1. The van der Waals surface area contributed by atoms with Crippen molar-refractivity contribution in [3.8, 4) is 11.8 Å². The van der Waals surface area contributed by atoms with Crippen molar-refractivity contribution in [1.29, 1.82) is 5.26 Å². The second-order valence-electron chi connectivity index (χ2n) is 8.82. The van der Waals surface area contributed by atoms with Gasteiger partial charge in [0.05, 0.1) is 18.1 Å². The van der Waals surface area contributed by atoms with E-state index in [1.165, 1.54) is 17.7 Å². The fourth-order valence-corrected chi connectivity index (χ4v) is 5.04. The van der Waals surface area contributed by atoms with Gasteiger partial charge in [0.25, 0.3) is 0 Å². The molecule has 1 saturated carbocycles. The largest absolute Gasteiger partial charge is 0.494 e. The molecule has 4 nitrogen and oxygen atoms in total. The van der Waals surface area contributed by atoms with Crippen molar-refractivity contribution in [3.63, 3.8) is 0 Å². The molecule has 31 heavy (non-hydrogen) atoms. The molecule has 0 unspecified atom stereocenters. The van der Waals surface area contributed by atoms with Crippen LogP contribution < -0.4 is 4.74 Å². The molecule has 4 rings (SSSR count). The van der Waals surface area contributed by atoms with Gasteiger partial charge in [0, 0.05) is 38.8 Å². The average Bonchev–Trinajstić information content (AvgIpc) is 2.84. The lowest BCUT2D eigenvalue weighted by atomic mass is 9.69. The van der Waals surface area contributed by atoms with E-state index < -0.39 is 0 Å². The summed E-state index contributed by atoms with van der Waals surface area (Å²) in [5.41, 5.74) is 0.882. The molecule has 1 aliphatic heterocycles. The molecule has 0 bridgehead atoms. The molecule has 164 valence electrons. The zero-order valence-electron chi connectivity index (χ0n) is 18.2. The van der Waals surface area contributed by atoms with Crippen LogP contribution in [-0.2, 0) is 5.41 Å². The molecule has 1 saturated heterocycles.